The molecule has 0 saturated carbocycles. The Bertz CT molecular complexity index is 1140. The Labute approximate surface area is 201 Å². The molecule has 5 rings (SSSR count). The van der Waals surface area contributed by atoms with E-state index in [0.29, 0.717) is 24.3 Å². The minimum absolute atomic E-state index is 0.0180. The Morgan fingerprint density at radius 3 is 2.79 bits per heavy atom. The van der Waals surface area contributed by atoms with Gasteiger partial charge in [0.05, 0.1) is 19.7 Å². The fraction of sp³-hybridized carbons (Fsp3) is 0.481. The van der Waals surface area contributed by atoms with Crippen molar-refractivity contribution in [1.82, 2.24) is 19.8 Å². The number of carbonyl (C=O) groups is 1. The molecule has 1 unspecified atom stereocenters. The molecule has 1 aromatic carbocycles. The van der Waals surface area contributed by atoms with Crippen LogP contribution in [0.5, 0.6) is 0 Å². The first kappa shape index (κ1) is 22.9. The second-order valence-corrected chi connectivity index (χ2v) is 10.1. The summed E-state index contributed by atoms with van der Waals surface area (Å²) < 4.78 is 2.12. The molecule has 34 heavy (non-hydrogen) atoms. The largest absolute Gasteiger partial charge is 0.392 e. The second-order valence-electron chi connectivity index (χ2n) is 10.1. The summed E-state index contributed by atoms with van der Waals surface area (Å²) in [6, 6.07) is 6.94. The van der Waals surface area contributed by atoms with Crippen molar-refractivity contribution < 1.29 is 9.90 Å². The quantitative estimate of drug-likeness (QED) is 0.636. The van der Waals surface area contributed by atoms with E-state index in [1.54, 1.807) is 13.2 Å². The number of carbonyl (C=O) groups excluding carboxylic acids is 1. The van der Waals surface area contributed by atoms with Crippen LogP contribution in [-0.4, -0.2) is 58.8 Å². The van der Waals surface area contributed by atoms with Gasteiger partial charge in [-0.2, -0.15) is 0 Å². The SMILES string of the molecule is CNC(=O)CN1CCC(c2ccc3c(c2)C(C(C)C)C(=C2C=C(CO)c4nccn4C2)N3)CC1. The molecule has 2 aromatic rings. The van der Waals surface area contributed by atoms with Crippen LogP contribution in [0.1, 0.15) is 55.5 Å². The molecular formula is C27H35N5O2. The minimum atomic E-state index is -0.0180. The number of benzene rings is 1. The first-order chi connectivity index (χ1) is 16.5. The molecule has 0 radical (unpaired) electrons. The van der Waals surface area contributed by atoms with Crippen molar-refractivity contribution in [2.45, 2.75) is 45.1 Å². The molecule has 1 fully saturated rings. The van der Waals surface area contributed by atoms with E-state index >= 15 is 0 Å². The predicted molar refractivity (Wildman–Crippen MR) is 134 cm³/mol. The molecule has 1 amide bonds. The number of aliphatic hydroxyl groups excluding tert-OH is 1. The summed E-state index contributed by atoms with van der Waals surface area (Å²) in [7, 11) is 1.70. The molecule has 180 valence electrons. The number of fused-ring (bicyclic) bond motifs is 2. The monoisotopic (exact) mass is 461 g/mol. The van der Waals surface area contributed by atoms with Crippen LogP contribution in [0, 0.1) is 5.92 Å². The predicted octanol–water partition coefficient (Wildman–Crippen LogP) is 3.32. The average Bonchev–Trinajstić information content (AvgIpc) is 3.48. The van der Waals surface area contributed by atoms with Gasteiger partial charge >= 0.3 is 0 Å². The molecule has 7 nitrogen and oxygen atoms in total. The highest BCUT2D eigenvalue weighted by Crippen LogP contribution is 2.46. The topological polar surface area (TPSA) is 82.4 Å². The van der Waals surface area contributed by atoms with Gasteiger partial charge in [-0.05, 0) is 66.6 Å². The molecule has 1 aromatic heterocycles. The van der Waals surface area contributed by atoms with E-state index in [4.69, 9.17) is 0 Å². The van der Waals surface area contributed by atoms with Gasteiger partial charge in [0, 0.05) is 42.3 Å². The third kappa shape index (κ3) is 4.18. The molecule has 3 N–H and O–H groups in total. The lowest BCUT2D eigenvalue weighted by molar-refractivity contribution is -0.122. The highest BCUT2D eigenvalue weighted by Gasteiger charge is 2.34. The number of aliphatic hydroxyl groups is 1. The van der Waals surface area contributed by atoms with Crippen molar-refractivity contribution in [1.29, 1.82) is 0 Å². The van der Waals surface area contributed by atoms with Crippen LogP contribution in [0.4, 0.5) is 5.69 Å². The minimum Gasteiger partial charge on any atom is -0.392 e. The van der Waals surface area contributed by atoms with Crippen molar-refractivity contribution >= 4 is 17.2 Å². The van der Waals surface area contributed by atoms with Gasteiger partial charge in [0.15, 0.2) is 0 Å². The lowest BCUT2D eigenvalue weighted by Crippen LogP contribution is -2.40. The van der Waals surface area contributed by atoms with E-state index < -0.39 is 0 Å². The lowest BCUT2D eigenvalue weighted by Gasteiger charge is -2.32. The number of imidazole rings is 1. The van der Waals surface area contributed by atoms with Gasteiger partial charge in [0.25, 0.3) is 0 Å². The van der Waals surface area contributed by atoms with E-state index in [1.807, 2.05) is 6.20 Å². The van der Waals surface area contributed by atoms with E-state index in [-0.39, 0.29) is 12.5 Å². The standard InChI is InChI=1S/C27H35N5O2/c1-17(2)25-22-13-19(18-6-9-31(10-7-18)15-24(34)28-3)4-5-23(22)30-26(25)20-12-21(16-33)27-29-8-11-32(27)14-20/h4-5,8,11-13,17-18,25,30,33H,6-7,9-10,14-16H2,1-3H3,(H,28,34). The zero-order valence-corrected chi connectivity index (χ0v) is 20.3. The maximum atomic E-state index is 11.7. The number of hydrogen-bond acceptors (Lipinski definition) is 5. The van der Waals surface area contributed by atoms with Gasteiger partial charge in [-0.25, -0.2) is 4.98 Å². The molecule has 0 bridgehead atoms. The number of rotatable bonds is 5. The zero-order chi connectivity index (χ0) is 23.8. The van der Waals surface area contributed by atoms with Crippen LogP contribution in [-0.2, 0) is 11.3 Å². The Morgan fingerprint density at radius 2 is 2.09 bits per heavy atom. The third-order valence-corrected chi connectivity index (χ3v) is 7.57. The number of nitrogens with zero attached hydrogens (tertiary/aromatic N) is 3. The number of likely N-dealkylation sites (N-methyl/N-ethyl adjacent to an activating group) is 1. The van der Waals surface area contributed by atoms with E-state index in [1.165, 1.54) is 28.1 Å². The van der Waals surface area contributed by atoms with Crippen molar-refractivity contribution in [3.8, 4) is 0 Å². The lowest BCUT2D eigenvalue weighted by atomic mass is 9.82. The molecule has 1 saturated heterocycles. The number of piperidine rings is 1. The average molecular weight is 462 g/mol. The van der Waals surface area contributed by atoms with Gasteiger partial charge in [-0.15, -0.1) is 0 Å². The third-order valence-electron chi connectivity index (χ3n) is 7.57. The number of nitrogens with one attached hydrogen (secondary N) is 2. The first-order valence-corrected chi connectivity index (χ1v) is 12.4. The molecule has 1 atom stereocenters. The highest BCUT2D eigenvalue weighted by molar-refractivity contribution is 5.77. The summed E-state index contributed by atoms with van der Waals surface area (Å²) in [6.07, 6.45) is 8.06. The van der Waals surface area contributed by atoms with Crippen molar-refractivity contribution in [2.24, 2.45) is 5.92 Å². The van der Waals surface area contributed by atoms with Gasteiger partial charge in [-0.3, -0.25) is 9.69 Å². The first-order valence-electron chi connectivity index (χ1n) is 12.4. The summed E-state index contributed by atoms with van der Waals surface area (Å²) in [5, 5.41) is 16.4. The second kappa shape index (κ2) is 9.39. The smallest absolute Gasteiger partial charge is 0.233 e. The number of likely N-dealkylation sites (tertiary alicyclic amines) is 1. The van der Waals surface area contributed by atoms with Gasteiger partial charge < -0.3 is 20.3 Å². The molecule has 3 aliphatic heterocycles. The Hall–Kier alpha value is -2.90. The summed E-state index contributed by atoms with van der Waals surface area (Å²) in [5.41, 5.74) is 7.30. The maximum Gasteiger partial charge on any atom is 0.233 e. The number of aromatic nitrogens is 2. The summed E-state index contributed by atoms with van der Waals surface area (Å²) in [4.78, 5) is 18.4. The Morgan fingerprint density at radius 1 is 1.29 bits per heavy atom. The molecule has 4 heterocycles. The normalized spacial score (nSPS) is 22.9. The Balaban J connectivity index is 1.41. The number of hydrogen-bond donors (Lipinski definition) is 3. The van der Waals surface area contributed by atoms with Crippen LogP contribution in [0.15, 0.2) is 47.9 Å². The van der Waals surface area contributed by atoms with E-state index in [2.05, 4.69) is 63.2 Å². The molecule has 7 heteroatoms. The van der Waals surface area contributed by atoms with Gasteiger partial charge in [0.1, 0.15) is 5.82 Å². The number of anilines is 1. The van der Waals surface area contributed by atoms with Gasteiger partial charge in [-0.1, -0.05) is 26.0 Å². The molecular weight excluding hydrogens is 426 g/mol. The van der Waals surface area contributed by atoms with Crippen LogP contribution >= 0.6 is 0 Å². The van der Waals surface area contributed by atoms with Crippen LogP contribution in [0.3, 0.4) is 0 Å². The van der Waals surface area contributed by atoms with Crippen LogP contribution in [0.2, 0.25) is 0 Å². The molecule has 0 aliphatic carbocycles. The zero-order valence-electron chi connectivity index (χ0n) is 20.3. The highest BCUT2D eigenvalue weighted by atomic mass is 16.3. The van der Waals surface area contributed by atoms with E-state index in [9.17, 15) is 9.90 Å². The van der Waals surface area contributed by atoms with Gasteiger partial charge in [0.2, 0.25) is 5.91 Å². The van der Waals surface area contributed by atoms with Crippen LogP contribution < -0.4 is 10.6 Å². The van der Waals surface area contributed by atoms with Crippen molar-refractivity contribution in [3.05, 3.63) is 64.9 Å². The summed E-state index contributed by atoms with van der Waals surface area (Å²) in [5.74, 6) is 2.20. The number of amides is 1. The Kier molecular flexibility index (Phi) is 6.32. The number of allylic oxidation sites excluding steroid dienone is 3. The summed E-state index contributed by atoms with van der Waals surface area (Å²) >= 11 is 0. The fourth-order valence-electron chi connectivity index (χ4n) is 5.77. The van der Waals surface area contributed by atoms with Crippen LogP contribution in [0.25, 0.3) is 5.57 Å². The molecule has 0 spiro atoms. The molecule has 3 aliphatic rings. The maximum absolute atomic E-state index is 11.7. The fourth-order valence-corrected chi connectivity index (χ4v) is 5.77. The van der Waals surface area contributed by atoms with E-state index in [0.717, 1.165) is 43.9 Å². The summed E-state index contributed by atoms with van der Waals surface area (Å²) in [6.45, 7) is 7.72. The van der Waals surface area contributed by atoms with Crippen molar-refractivity contribution in [2.75, 3.05) is 38.6 Å². The van der Waals surface area contributed by atoms with Crippen molar-refractivity contribution in [3.63, 3.8) is 0 Å².